The summed E-state index contributed by atoms with van der Waals surface area (Å²) in [6, 6.07) is 9.25. The SMILES string of the molecule is C=CCOC(CC(C(C)C)N(C)C(=O)CCCC)c1nc(C(=O)N[C@@H](Cc2ccccc2)CC(C)C(=O)O)cs1. The zero-order valence-corrected chi connectivity index (χ0v) is 25.3. The van der Waals surface area contributed by atoms with Crippen molar-refractivity contribution in [2.75, 3.05) is 13.7 Å². The molecule has 0 aliphatic rings. The van der Waals surface area contributed by atoms with Gasteiger partial charge in [-0.2, -0.15) is 0 Å². The molecule has 1 aromatic heterocycles. The molecular weight excluding hydrogens is 526 g/mol. The van der Waals surface area contributed by atoms with Gasteiger partial charge in [0, 0.05) is 37.4 Å². The molecule has 0 aliphatic carbocycles. The molecule has 0 spiro atoms. The molecule has 220 valence electrons. The van der Waals surface area contributed by atoms with E-state index >= 15 is 0 Å². The summed E-state index contributed by atoms with van der Waals surface area (Å²) in [5.74, 6) is -1.55. The monoisotopic (exact) mass is 571 g/mol. The molecule has 0 aliphatic heterocycles. The van der Waals surface area contributed by atoms with Crippen LogP contribution >= 0.6 is 11.3 Å². The smallest absolute Gasteiger partial charge is 0.306 e. The van der Waals surface area contributed by atoms with Crippen LogP contribution in [0.3, 0.4) is 0 Å². The number of rotatable bonds is 18. The second-order valence-electron chi connectivity index (χ2n) is 10.7. The highest BCUT2D eigenvalue weighted by atomic mass is 32.1. The van der Waals surface area contributed by atoms with Crippen LogP contribution in [-0.4, -0.2) is 58.5 Å². The number of benzene rings is 1. The van der Waals surface area contributed by atoms with E-state index in [0.717, 1.165) is 18.4 Å². The van der Waals surface area contributed by atoms with E-state index in [-0.39, 0.29) is 35.5 Å². The zero-order valence-electron chi connectivity index (χ0n) is 24.5. The first-order valence-electron chi connectivity index (χ1n) is 14.1. The molecule has 2 rings (SSSR count). The predicted octanol–water partition coefficient (Wildman–Crippen LogP) is 5.90. The van der Waals surface area contributed by atoms with Crippen LogP contribution in [0.15, 0.2) is 48.4 Å². The normalized spacial score (nSPS) is 14.2. The molecule has 1 aromatic carbocycles. The molecule has 2 aromatic rings. The Hall–Kier alpha value is -3.04. The Kier molecular flexibility index (Phi) is 14.0. The third-order valence-electron chi connectivity index (χ3n) is 7.03. The number of aliphatic carboxylic acids is 1. The van der Waals surface area contributed by atoms with Crippen molar-refractivity contribution in [1.29, 1.82) is 0 Å². The number of hydrogen-bond acceptors (Lipinski definition) is 6. The Labute approximate surface area is 242 Å². The summed E-state index contributed by atoms with van der Waals surface area (Å²) in [6.07, 6.45) is 4.95. The van der Waals surface area contributed by atoms with E-state index in [2.05, 4.69) is 37.7 Å². The van der Waals surface area contributed by atoms with Crippen molar-refractivity contribution >= 4 is 29.1 Å². The highest BCUT2D eigenvalue weighted by Gasteiger charge is 2.29. The molecule has 40 heavy (non-hydrogen) atoms. The van der Waals surface area contributed by atoms with Crippen LogP contribution in [0.2, 0.25) is 0 Å². The van der Waals surface area contributed by atoms with Gasteiger partial charge >= 0.3 is 5.97 Å². The van der Waals surface area contributed by atoms with Gasteiger partial charge in [-0.25, -0.2) is 4.98 Å². The Morgan fingerprint density at radius 2 is 1.88 bits per heavy atom. The van der Waals surface area contributed by atoms with Crippen molar-refractivity contribution in [3.05, 3.63) is 64.6 Å². The summed E-state index contributed by atoms with van der Waals surface area (Å²) in [5, 5.41) is 14.8. The topological polar surface area (TPSA) is 109 Å². The van der Waals surface area contributed by atoms with E-state index in [1.54, 1.807) is 18.4 Å². The van der Waals surface area contributed by atoms with Crippen molar-refractivity contribution in [1.82, 2.24) is 15.2 Å². The first kappa shape index (κ1) is 33.2. The fourth-order valence-electron chi connectivity index (χ4n) is 4.63. The molecule has 8 nitrogen and oxygen atoms in total. The summed E-state index contributed by atoms with van der Waals surface area (Å²) in [4.78, 5) is 44.0. The maximum atomic E-state index is 13.3. The van der Waals surface area contributed by atoms with E-state index in [0.29, 0.717) is 37.3 Å². The minimum atomic E-state index is -0.900. The predicted molar refractivity (Wildman–Crippen MR) is 159 cm³/mol. The van der Waals surface area contributed by atoms with Crippen molar-refractivity contribution in [3.8, 4) is 0 Å². The van der Waals surface area contributed by atoms with E-state index in [1.807, 2.05) is 42.3 Å². The molecule has 0 saturated heterocycles. The van der Waals surface area contributed by atoms with Gasteiger partial charge in [0.05, 0.1) is 12.5 Å². The van der Waals surface area contributed by atoms with Crippen molar-refractivity contribution in [2.45, 2.75) is 84.4 Å². The minimum absolute atomic E-state index is 0.0619. The van der Waals surface area contributed by atoms with Crippen molar-refractivity contribution in [2.24, 2.45) is 11.8 Å². The van der Waals surface area contributed by atoms with Crippen molar-refractivity contribution < 1.29 is 24.2 Å². The number of aromatic nitrogens is 1. The van der Waals surface area contributed by atoms with Gasteiger partial charge in [0.2, 0.25) is 5.91 Å². The molecule has 2 amide bonds. The molecule has 9 heteroatoms. The highest BCUT2D eigenvalue weighted by Crippen LogP contribution is 2.30. The van der Waals surface area contributed by atoms with Gasteiger partial charge in [-0.1, -0.05) is 70.5 Å². The van der Waals surface area contributed by atoms with E-state index < -0.39 is 18.0 Å². The van der Waals surface area contributed by atoms with Gasteiger partial charge in [-0.15, -0.1) is 17.9 Å². The maximum Gasteiger partial charge on any atom is 0.306 e. The van der Waals surface area contributed by atoms with Crippen LogP contribution in [0.5, 0.6) is 0 Å². The van der Waals surface area contributed by atoms with Crippen LogP contribution in [0.4, 0.5) is 0 Å². The standard InChI is InChI=1S/C31H45N3O5S/c1-7-9-15-28(35)34(6)26(21(3)4)19-27(39-16-8-2)30-33-25(20-40-30)29(36)32-24(17-22(5)31(37)38)18-23-13-11-10-12-14-23/h8,10-14,20-22,24,26-27H,2,7,9,15-19H2,1,3-6H3,(H,32,36)(H,37,38)/t22?,24-,26?,27?/m1/s1. The van der Waals surface area contributed by atoms with E-state index in [9.17, 15) is 19.5 Å². The van der Waals surface area contributed by atoms with Crippen LogP contribution in [0.25, 0.3) is 0 Å². The molecule has 3 unspecified atom stereocenters. The molecule has 4 atom stereocenters. The summed E-state index contributed by atoms with van der Waals surface area (Å²) in [5.41, 5.74) is 1.28. The van der Waals surface area contributed by atoms with Gasteiger partial charge in [-0.05, 0) is 30.7 Å². The molecule has 2 N–H and O–H groups in total. The quantitative estimate of drug-likeness (QED) is 0.216. The molecule has 0 fully saturated rings. The summed E-state index contributed by atoms with van der Waals surface area (Å²) in [7, 11) is 1.85. The molecule has 0 saturated carbocycles. The van der Waals surface area contributed by atoms with E-state index in [1.165, 1.54) is 11.3 Å². The maximum absolute atomic E-state index is 13.3. The number of nitrogens with one attached hydrogen (secondary N) is 1. The lowest BCUT2D eigenvalue weighted by atomic mass is 9.96. The Morgan fingerprint density at radius 3 is 2.48 bits per heavy atom. The third kappa shape index (κ3) is 10.5. The number of thiazole rings is 1. The Bertz CT molecular complexity index is 1090. The average molecular weight is 572 g/mol. The lowest BCUT2D eigenvalue weighted by Gasteiger charge is -2.33. The number of carbonyl (C=O) groups is 3. The second kappa shape index (κ2) is 16.9. The average Bonchev–Trinajstić information content (AvgIpc) is 3.42. The first-order chi connectivity index (χ1) is 19.1. The highest BCUT2D eigenvalue weighted by molar-refractivity contribution is 7.09. The molecule has 0 bridgehead atoms. The number of ether oxygens (including phenoxy) is 1. The zero-order chi connectivity index (χ0) is 29.7. The number of unbranched alkanes of at least 4 members (excludes halogenated alkanes) is 1. The van der Waals surface area contributed by atoms with Crippen molar-refractivity contribution in [3.63, 3.8) is 0 Å². The van der Waals surface area contributed by atoms with Crippen LogP contribution in [0, 0.1) is 11.8 Å². The van der Waals surface area contributed by atoms with Crippen LogP contribution in [0.1, 0.15) is 87.0 Å². The fraction of sp³-hybridized carbons (Fsp3) is 0.548. The molecule has 1 heterocycles. The first-order valence-corrected chi connectivity index (χ1v) is 15.0. The van der Waals surface area contributed by atoms with Crippen LogP contribution in [-0.2, 0) is 20.7 Å². The van der Waals surface area contributed by atoms with Gasteiger partial charge < -0.3 is 20.1 Å². The van der Waals surface area contributed by atoms with Gasteiger partial charge in [0.25, 0.3) is 5.91 Å². The van der Waals surface area contributed by atoms with Gasteiger partial charge in [0.1, 0.15) is 16.8 Å². The van der Waals surface area contributed by atoms with E-state index in [4.69, 9.17) is 4.74 Å². The number of nitrogens with zero attached hydrogens (tertiary/aromatic N) is 2. The third-order valence-corrected chi connectivity index (χ3v) is 7.96. The number of hydrogen-bond donors (Lipinski definition) is 2. The lowest BCUT2D eigenvalue weighted by Crippen LogP contribution is -2.41. The molecular formula is C31H45N3O5S. The second-order valence-corrected chi connectivity index (χ2v) is 11.6. The summed E-state index contributed by atoms with van der Waals surface area (Å²) in [6.45, 7) is 12.0. The number of carbonyl (C=O) groups excluding carboxylic acids is 2. The Morgan fingerprint density at radius 1 is 1.18 bits per heavy atom. The minimum Gasteiger partial charge on any atom is -0.481 e. The summed E-state index contributed by atoms with van der Waals surface area (Å²) < 4.78 is 6.10. The fourth-order valence-corrected chi connectivity index (χ4v) is 5.49. The summed E-state index contributed by atoms with van der Waals surface area (Å²) >= 11 is 1.35. The van der Waals surface area contributed by atoms with Crippen LogP contribution < -0.4 is 5.32 Å². The Balaban J connectivity index is 2.22. The molecule has 0 radical (unpaired) electrons. The number of carboxylic acid groups (broad SMARTS) is 1. The number of amides is 2. The number of carboxylic acids is 1. The lowest BCUT2D eigenvalue weighted by molar-refractivity contribution is -0.141. The largest absolute Gasteiger partial charge is 0.481 e. The van der Waals surface area contributed by atoms with Gasteiger partial charge in [0.15, 0.2) is 0 Å². The van der Waals surface area contributed by atoms with Gasteiger partial charge in [-0.3, -0.25) is 14.4 Å².